The second kappa shape index (κ2) is 5.99. The molecule has 1 radical (unpaired) electrons. The van der Waals surface area contributed by atoms with E-state index < -0.39 is 35.7 Å². The smallest absolute Gasteiger partial charge is 0.297 e. The number of hydrogen-bond donors (Lipinski definition) is 3. The molecule has 0 fully saturated rings. The predicted octanol–water partition coefficient (Wildman–Crippen LogP) is 0.535. The molecule has 2 aromatic rings. The Morgan fingerprint density at radius 1 is 0.950 bits per heavy atom. The van der Waals surface area contributed by atoms with E-state index in [0.717, 1.165) is 6.07 Å². The van der Waals surface area contributed by atoms with Gasteiger partial charge in [-0.25, -0.2) is 0 Å². The normalized spacial score (nSPS) is 12.1. The molecule has 0 atom stereocenters. The number of benzene rings is 2. The molecular weight excluding hydrogens is 333 g/mol. The second-order valence-electron chi connectivity index (χ2n) is 3.79. The van der Waals surface area contributed by atoms with Crippen LogP contribution >= 0.6 is 0 Å². The third-order valence-corrected chi connectivity index (χ3v) is 4.39. The molecule has 20 heavy (non-hydrogen) atoms. The van der Waals surface area contributed by atoms with E-state index in [1.54, 1.807) is 6.07 Å². The van der Waals surface area contributed by atoms with Crippen molar-refractivity contribution in [1.82, 2.24) is 0 Å². The van der Waals surface area contributed by atoms with Gasteiger partial charge in [-0.1, -0.05) is 24.3 Å². The van der Waals surface area contributed by atoms with Crippen molar-refractivity contribution in [3.63, 3.8) is 0 Å². The van der Waals surface area contributed by atoms with Gasteiger partial charge in [-0.2, -0.15) is 16.8 Å². The number of nitrogen functional groups attached to an aromatic ring is 1. The molecule has 0 unspecified atom stereocenters. The zero-order chi connectivity index (χ0) is 14.4. The number of rotatable bonds is 2. The molecule has 0 saturated carbocycles. The van der Waals surface area contributed by atoms with E-state index in [2.05, 4.69) is 0 Å². The molecule has 0 aliphatic carbocycles. The van der Waals surface area contributed by atoms with Gasteiger partial charge in [0, 0.05) is 56.8 Å². The third kappa shape index (κ3) is 3.40. The Morgan fingerprint density at radius 2 is 1.50 bits per heavy atom. The van der Waals surface area contributed by atoms with Crippen molar-refractivity contribution in [3.8, 4) is 0 Å². The van der Waals surface area contributed by atoms with E-state index in [4.69, 9.17) is 10.3 Å². The van der Waals surface area contributed by atoms with Crippen LogP contribution in [0.3, 0.4) is 0 Å². The summed E-state index contributed by atoms with van der Waals surface area (Å²) in [7, 11) is -9.45. The molecule has 7 nitrogen and oxygen atoms in total. The fourth-order valence-corrected chi connectivity index (χ4v) is 3.37. The van der Waals surface area contributed by atoms with Crippen LogP contribution in [0.4, 0.5) is 5.69 Å². The Morgan fingerprint density at radius 3 is 2.00 bits per heavy atom. The van der Waals surface area contributed by atoms with Crippen LogP contribution in [0.15, 0.2) is 40.1 Å². The van der Waals surface area contributed by atoms with Gasteiger partial charge in [0.2, 0.25) is 0 Å². The van der Waals surface area contributed by atoms with Gasteiger partial charge in [0.05, 0.1) is 5.69 Å². The maximum Gasteiger partial charge on any atom is 0.297 e. The first-order valence-corrected chi connectivity index (χ1v) is 7.76. The Kier molecular flexibility index (Phi) is 5.39. The molecule has 0 heterocycles. The van der Waals surface area contributed by atoms with Crippen LogP contribution in [0.1, 0.15) is 0 Å². The van der Waals surface area contributed by atoms with Crippen molar-refractivity contribution in [2.45, 2.75) is 9.79 Å². The minimum atomic E-state index is -4.74. The van der Waals surface area contributed by atoms with E-state index >= 15 is 0 Å². The zero-order valence-corrected chi connectivity index (χ0v) is 15.1. The quantitative estimate of drug-likeness (QED) is 0.411. The number of anilines is 1. The van der Waals surface area contributed by atoms with Crippen molar-refractivity contribution in [3.05, 3.63) is 30.3 Å². The Bertz CT molecular complexity index is 876. The molecule has 0 spiro atoms. The van der Waals surface area contributed by atoms with Crippen molar-refractivity contribution in [1.29, 1.82) is 0 Å². The van der Waals surface area contributed by atoms with E-state index in [9.17, 15) is 21.4 Å². The molecule has 0 aliphatic rings. The molecule has 0 saturated heterocycles. The molecule has 0 amide bonds. The fourth-order valence-electron chi connectivity index (χ4n) is 1.80. The van der Waals surface area contributed by atoms with Gasteiger partial charge >= 0.3 is 0 Å². The summed E-state index contributed by atoms with van der Waals surface area (Å²) >= 11 is 0. The van der Waals surface area contributed by atoms with Crippen molar-refractivity contribution >= 4 is 88.1 Å². The predicted molar refractivity (Wildman–Crippen MR) is 73.7 cm³/mol. The summed E-state index contributed by atoms with van der Waals surface area (Å²) in [4.78, 5) is -1.50. The summed E-state index contributed by atoms with van der Waals surface area (Å²) in [6, 6.07) is 6.87. The minimum Gasteiger partial charge on any atom is -0.396 e. The molecule has 103 valence electrons. The first-order valence-electron chi connectivity index (χ1n) is 4.88. The van der Waals surface area contributed by atoms with E-state index in [-0.39, 0.29) is 62.2 Å². The summed E-state index contributed by atoms with van der Waals surface area (Å²) in [6.07, 6.45) is 0. The summed E-state index contributed by atoms with van der Waals surface area (Å²) in [5.74, 6) is 0. The number of hydrogen-bond acceptors (Lipinski definition) is 5. The Balaban J connectivity index is 0.00000200. The average molecular weight is 342 g/mol. The molecule has 0 aromatic heterocycles. The van der Waals surface area contributed by atoms with Crippen molar-refractivity contribution in [2.75, 3.05) is 5.73 Å². The van der Waals surface area contributed by atoms with Crippen LogP contribution in [-0.4, -0.2) is 77.3 Å². The van der Waals surface area contributed by atoms with Crippen LogP contribution in [0.2, 0.25) is 0 Å². The molecular formula is C10H9KNO6S2. The van der Waals surface area contributed by atoms with Gasteiger partial charge in [0.1, 0.15) is 9.79 Å². The Labute approximate surface area is 158 Å². The van der Waals surface area contributed by atoms with Crippen molar-refractivity contribution in [2.24, 2.45) is 0 Å². The minimum absolute atomic E-state index is 0. The van der Waals surface area contributed by atoms with Gasteiger partial charge < -0.3 is 5.73 Å². The fraction of sp³-hybridized carbons (Fsp3) is 0. The standard InChI is InChI=1S/C10H9NO6S2.K/c11-9-8(18(12,13)14)5-6-3-1-2-4-7(6)10(9)19(15,16)17;/h1-5H,11H2,(H,12,13,14)(H,15,16,17);. The maximum absolute atomic E-state index is 11.3. The summed E-state index contributed by atoms with van der Waals surface area (Å²) in [5, 5.41) is 0.270. The van der Waals surface area contributed by atoms with Crippen LogP contribution in [-0.2, 0) is 20.2 Å². The van der Waals surface area contributed by atoms with Gasteiger partial charge in [0.15, 0.2) is 0 Å². The maximum atomic E-state index is 11.3. The number of fused-ring (bicyclic) bond motifs is 1. The van der Waals surface area contributed by atoms with Crippen LogP contribution in [0, 0.1) is 0 Å². The zero-order valence-electron chi connectivity index (χ0n) is 10.3. The SMILES string of the molecule is Nc1c(S(=O)(=O)O)cc2ccccc2c1S(=O)(=O)O.[K]. The first-order chi connectivity index (χ1) is 8.62. The molecule has 10 heteroatoms. The van der Waals surface area contributed by atoms with E-state index in [0.29, 0.717) is 0 Å². The van der Waals surface area contributed by atoms with Gasteiger partial charge in [-0.3, -0.25) is 9.11 Å². The van der Waals surface area contributed by atoms with Gasteiger partial charge in [0.25, 0.3) is 20.2 Å². The summed E-state index contributed by atoms with van der Waals surface area (Å²) < 4.78 is 63.3. The van der Waals surface area contributed by atoms with Crippen LogP contribution in [0.25, 0.3) is 10.8 Å². The summed E-state index contributed by atoms with van der Waals surface area (Å²) in [5.41, 5.74) is 4.72. The van der Waals surface area contributed by atoms with Crippen LogP contribution in [0.5, 0.6) is 0 Å². The monoisotopic (exact) mass is 342 g/mol. The van der Waals surface area contributed by atoms with Crippen molar-refractivity contribution < 1.29 is 25.9 Å². The molecule has 2 aromatic carbocycles. The van der Waals surface area contributed by atoms with E-state index in [1.807, 2.05) is 0 Å². The van der Waals surface area contributed by atoms with Crippen LogP contribution < -0.4 is 5.73 Å². The molecule has 0 aliphatic heterocycles. The summed E-state index contributed by atoms with van der Waals surface area (Å²) in [6.45, 7) is 0. The molecule has 2 rings (SSSR count). The van der Waals surface area contributed by atoms with Gasteiger partial charge in [-0.15, -0.1) is 0 Å². The largest absolute Gasteiger partial charge is 0.396 e. The van der Waals surface area contributed by atoms with Gasteiger partial charge in [-0.05, 0) is 11.5 Å². The second-order valence-corrected chi connectivity index (χ2v) is 6.54. The topological polar surface area (TPSA) is 135 Å². The number of nitrogens with two attached hydrogens (primary N) is 1. The molecule has 0 bridgehead atoms. The van der Waals surface area contributed by atoms with E-state index in [1.165, 1.54) is 18.2 Å². The third-order valence-electron chi connectivity index (χ3n) is 2.54. The first kappa shape index (κ1) is 18.0. The average Bonchev–Trinajstić information content (AvgIpc) is 2.24. The Hall–Kier alpha value is -0.0436. The molecule has 4 N–H and O–H groups in total.